The Bertz CT molecular complexity index is 472. The van der Waals surface area contributed by atoms with Gasteiger partial charge in [-0.15, -0.1) is 11.3 Å². The predicted octanol–water partition coefficient (Wildman–Crippen LogP) is 1.95. The van der Waals surface area contributed by atoms with E-state index < -0.39 is 0 Å². The third-order valence-corrected chi connectivity index (χ3v) is 4.63. The summed E-state index contributed by atoms with van der Waals surface area (Å²) >= 11 is 1.65. The lowest BCUT2D eigenvalue weighted by Crippen LogP contribution is -2.38. The van der Waals surface area contributed by atoms with E-state index in [1.807, 2.05) is 12.4 Å². The number of thiazole rings is 1. The van der Waals surface area contributed by atoms with Crippen molar-refractivity contribution < 1.29 is 9.47 Å². The normalized spacial score (nSPS) is 18.3. The molecule has 0 amide bonds. The number of rotatable bonds is 9. The molecule has 1 aromatic heterocycles. The minimum atomic E-state index is 0.587. The number of nitrogens with one attached hydrogen (secondary N) is 2. The van der Waals surface area contributed by atoms with E-state index in [1.165, 1.54) is 4.88 Å². The van der Waals surface area contributed by atoms with E-state index in [2.05, 4.69) is 27.5 Å². The maximum atomic E-state index is 5.71. The lowest BCUT2D eigenvalue weighted by atomic mass is 10.1. The zero-order valence-corrected chi connectivity index (χ0v) is 15.0. The lowest BCUT2D eigenvalue weighted by molar-refractivity contribution is 0.0888. The van der Waals surface area contributed by atoms with E-state index in [1.54, 1.807) is 11.3 Å². The summed E-state index contributed by atoms with van der Waals surface area (Å²) < 4.78 is 11.0. The number of nitrogens with zero attached hydrogens (tertiary/aromatic N) is 2. The molecule has 0 aromatic carbocycles. The minimum absolute atomic E-state index is 0.587. The molecule has 6 nitrogen and oxygen atoms in total. The smallest absolute Gasteiger partial charge is 0.191 e. The van der Waals surface area contributed by atoms with Gasteiger partial charge in [-0.05, 0) is 26.7 Å². The number of aromatic nitrogens is 1. The quantitative estimate of drug-likeness (QED) is 0.409. The summed E-state index contributed by atoms with van der Waals surface area (Å²) in [5.41, 5.74) is 2.94. The van der Waals surface area contributed by atoms with Crippen LogP contribution in [0.1, 0.15) is 30.3 Å². The summed E-state index contributed by atoms with van der Waals surface area (Å²) in [6.07, 6.45) is 2.10. The van der Waals surface area contributed by atoms with Crippen molar-refractivity contribution in [1.82, 2.24) is 15.6 Å². The van der Waals surface area contributed by atoms with Crippen molar-refractivity contribution in [2.45, 2.75) is 33.2 Å². The highest BCUT2D eigenvalue weighted by Gasteiger charge is 2.15. The average molecular weight is 340 g/mol. The molecular formula is C16H28N4O2S. The molecule has 130 valence electrons. The summed E-state index contributed by atoms with van der Waals surface area (Å²) in [5, 5.41) is 6.62. The van der Waals surface area contributed by atoms with Crippen LogP contribution in [0.3, 0.4) is 0 Å². The molecule has 0 radical (unpaired) electrons. The molecule has 2 heterocycles. The zero-order valence-electron chi connectivity index (χ0n) is 14.1. The predicted molar refractivity (Wildman–Crippen MR) is 94.0 cm³/mol. The molecule has 1 saturated heterocycles. The standard InChI is InChI=1S/C16H28N4O2S/c1-3-17-16(19-9-15-13(2)20-12-23-15)18-6-4-7-21-10-14-5-8-22-11-14/h12,14H,3-11H2,1-2H3,(H2,17,18,19). The summed E-state index contributed by atoms with van der Waals surface area (Å²) in [5.74, 6) is 1.44. The Hall–Kier alpha value is -1.18. The van der Waals surface area contributed by atoms with E-state index in [4.69, 9.17) is 9.47 Å². The molecule has 23 heavy (non-hydrogen) atoms. The number of ether oxygens (including phenoxy) is 2. The number of hydrogen-bond acceptors (Lipinski definition) is 5. The largest absolute Gasteiger partial charge is 0.381 e. The Balaban J connectivity index is 1.60. The number of hydrogen-bond donors (Lipinski definition) is 2. The monoisotopic (exact) mass is 340 g/mol. The molecule has 7 heteroatoms. The fraction of sp³-hybridized carbons (Fsp3) is 0.750. The first-order valence-corrected chi connectivity index (χ1v) is 9.24. The van der Waals surface area contributed by atoms with Gasteiger partial charge in [0.1, 0.15) is 0 Å². The topological polar surface area (TPSA) is 67.8 Å². The summed E-state index contributed by atoms with van der Waals surface area (Å²) in [4.78, 5) is 10.1. The number of guanidine groups is 1. The highest BCUT2D eigenvalue weighted by Crippen LogP contribution is 2.13. The number of aryl methyl sites for hydroxylation is 1. The van der Waals surface area contributed by atoms with Crippen LogP contribution in [0, 0.1) is 12.8 Å². The highest BCUT2D eigenvalue weighted by atomic mass is 32.1. The van der Waals surface area contributed by atoms with Crippen LogP contribution in [0.25, 0.3) is 0 Å². The van der Waals surface area contributed by atoms with Gasteiger partial charge in [-0.1, -0.05) is 0 Å². The van der Waals surface area contributed by atoms with Gasteiger partial charge in [-0.2, -0.15) is 0 Å². The Morgan fingerprint density at radius 3 is 3.13 bits per heavy atom. The van der Waals surface area contributed by atoms with Crippen LogP contribution in [0.15, 0.2) is 10.5 Å². The van der Waals surface area contributed by atoms with Crippen LogP contribution in [0.4, 0.5) is 0 Å². The van der Waals surface area contributed by atoms with Crippen molar-refractivity contribution in [2.75, 3.05) is 39.5 Å². The van der Waals surface area contributed by atoms with E-state index in [0.29, 0.717) is 12.5 Å². The van der Waals surface area contributed by atoms with Crippen LogP contribution in [-0.2, 0) is 16.0 Å². The van der Waals surface area contributed by atoms with Crippen LogP contribution >= 0.6 is 11.3 Å². The van der Waals surface area contributed by atoms with Crippen molar-refractivity contribution in [2.24, 2.45) is 10.9 Å². The molecule has 1 fully saturated rings. The van der Waals surface area contributed by atoms with Gasteiger partial charge in [0.05, 0.1) is 31.0 Å². The summed E-state index contributed by atoms with van der Waals surface area (Å²) in [7, 11) is 0. The molecule has 2 N–H and O–H groups in total. The maximum Gasteiger partial charge on any atom is 0.191 e. The molecule has 2 rings (SSSR count). The van der Waals surface area contributed by atoms with Crippen LogP contribution < -0.4 is 10.6 Å². The number of aliphatic imine (C=N–C) groups is 1. The molecule has 1 atom stereocenters. The second kappa shape index (κ2) is 10.6. The molecule has 0 spiro atoms. The van der Waals surface area contributed by atoms with Crippen molar-refractivity contribution in [3.8, 4) is 0 Å². The van der Waals surface area contributed by atoms with Gasteiger partial charge in [0.25, 0.3) is 0 Å². The Morgan fingerprint density at radius 2 is 2.43 bits per heavy atom. The Morgan fingerprint density at radius 1 is 1.52 bits per heavy atom. The maximum absolute atomic E-state index is 5.71. The van der Waals surface area contributed by atoms with Gasteiger partial charge in [0.15, 0.2) is 5.96 Å². The Kier molecular flexibility index (Phi) is 8.35. The van der Waals surface area contributed by atoms with Crippen molar-refractivity contribution in [1.29, 1.82) is 0 Å². The molecular weight excluding hydrogens is 312 g/mol. The van der Waals surface area contributed by atoms with E-state index in [-0.39, 0.29) is 0 Å². The van der Waals surface area contributed by atoms with E-state index in [0.717, 1.165) is 64.0 Å². The molecule has 1 aliphatic heterocycles. The average Bonchev–Trinajstić information content (AvgIpc) is 3.20. The van der Waals surface area contributed by atoms with Crippen LogP contribution in [0.2, 0.25) is 0 Å². The summed E-state index contributed by atoms with van der Waals surface area (Å²) in [6.45, 7) is 9.81. The van der Waals surface area contributed by atoms with Crippen LogP contribution in [0.5, 0.6) is 0 Å². The summed E-state index contributed by atoms with van der Waals surface area (Å²) in [6, 6.07) is 0. The van der Waals surface area contributed by atoms with Gasteiger partial charge in [0, 0.05) is 37.1 Å². The second-order valence-electron chi connectivity index (χ2n) is 5.64. The van der Waals surface area contributed by atoms with Gasteiger partial charge < -0.3 is 20.1 Å². The highest BCUT2D eigenvalue weighted by molar-refractivity contribution is 7.09. The Labute approximate surface area is 142 Å². The fourth-order valence-electron chi connectivity index (χ4n) is 2.32. The first kappa shape index (κ1) is 18.2. The van der Waals surface area contributed by atoms with Crippen molar-refractivity contribution in [3.05, 3.63) is 16.1 Å². The van der Waals surface area contributed by atoms with Gasteiger partial charge in [-0.3, -0.25) is 0 Å². The molecule has 0 saturated carbocycles. The molecule has 1 aliphatic rings. The third kappa shape index (κ3) is 6.85. The fourth-order valence-corrected chi connectivity index (χ4v) is 3.02. The zero-order chi connectivity index (χ0) is 16.3. The third-order valence-electron chi connectivity index (χ3n) is 3.71. The second-order valence-corrected chi connectivity index (χ2v) is 6.58. The SMILES string of the molecule is CCNC(=NCc1scnc1C)NCCCOCC1CCOC1. The molecule has 0 aliphatic carbocycles. The van der Waals surface area contributed by atoms with Gasteiger partial charge in [-0.25, -0.2) is 9.98 Å². The molecule has 0 bridgehead atoms. The van der Waals surface area contributed by atoms with E-state index >= 15 is 0 Å². The minimum Gasteiger partial charge on any atom is -0.381 e. The van der Waals surface area contributed by atoms with Crippen LogP contribution in [-0.4, -0.2) is 50.5 Å². The van der Waals surface area contributed by atoms with Crippen molar-refractivity contribution in [3.63, 3.8) is 0 Å². The first-order chi connectivity index (χ1) is 11.3. The molecule has 1 unspecified atom stereocenters. The lowest BCUT2D eigenvalue weighted by Gasteiger charge is -2.12. The molecule has 1 aromatic rings. The van der Waals surface area contributed by atoms with Crippen molar-refractivity contribution >= 4 is 17.3 Å². The van der Waals surface area contributed by atoms with Gasteiger partial charge >= 0.3 is 0 Å². The first-order valence-electron chi connectivity index (χ1n) is 8.36. The van der Waals surface area contributed by atoms with Gasteiger partial charge in [0.2, 0.25) is 0 Å². The van der Waals surface area contributed by atoms with E-state index in [9.17, 15) is 0 Å².